The highest BCUT2D eigenvalue weighted by Gasteiger charge is 2.04. The molecule has 1 rings (SSSR count). The molecule has 0 atom stereocenters. The van der Waals surface area contributed by atoms with Crippen molar-refractivity contribution in [2.24, 2.45) is 5.73 Å². The lowest BCUT2D eigenvalue weighted by Gasteiger charge is -2.20. The molecule has 1 aromatic rings. The summed E-state index contributed by atoms with van der Waals surface area (Å²) in [4.78, 5) is 2.79. The van der Waals surface area contributed by atoms with Crippen LogP contribution in [-0.4, -0.2) is 36.1 Å². The summed E-state index contributed by atoms with van der Waals surface area (Å²) in [5, 5.41) is 3.43. The van der Waals surface area contributed by atoms with E-state index in [0.717, 1.165) is 35.2 Å². The highest BCUT2D eigenvalue weighted by molar-refractivity contribution is 9.10. The summed E-state index contributed by atoms with van der Waals surface area (Å²) in [5.41, 5.74) is 7.58. The molecule has 0 aliphatic rings. The van der Waals surface area contributed by atoms with Crippen molar-refractivity contribution in [3.05, 3.63) is 28.2 Å². The van der Waals surface area contributed by atoms with Crippen LogP contribution in [0.4, 0.5) is 5.69 Å². The van der Waals surface area contributed by atoms with Crippen LogP contribution in [0, 0.1) is 0 Å². The topological polar surface area (TPSA) is 41.3 Å². The van der Waals surface area contributed by atoms with Crippen molar-refractivity contribution in [1.29, 1.82) is 0 Å². The smallest absolute Gasteiger partial charge is 0.104 e. The Balaban J connectivity index is 2.34. The van der Waals surface area contributed by atoms with Crippen LogP contribution < -0.4 is 11.1 Å². The van der Waals surface area contributed by atoms with Crippen molar-refractivity contribution in [2.75, 3.05) is 25.5 Å². The zero-order valence-corrected chi connectivity index (χ0v) is 14.9. The molecule has 0 aromatic heterocycles. The Labute approximate surface area is 136 Å². The zero-order valence-electron chi connectivity index (χ0n) is 12.4. The number of hydrogen-bond acceptors (Lipinski definition) is 3. The quantitative estimate of drug-likeness (QED) is 0.550. The molecule has 20 heavy (non-hydrogen) atoms. The molecule has 0 heterocycles. The van der Waals surface area contributed by atoms with Crippen LogP contribution >= 0.6 is 28.1 Å². The van der Waals surface area contributed by atoms with Crippen LogP contribution in [0.3, 0.4) is 0 Å². The Morgan fingerprint density at radius 1 is 1.40 bits per heavy atom. The van der Waals surface area contributed by atoms with Crippen molar-refractivity contribution in [2.45, 2.75) is 32.7 Å². The largest absolute Gasteiger partial charge is 0.389 e. The van der Waals surface area contributed by atoms with E-state index in [4.69, 9.17) is 18.0 Å². The minimum Gasteiger partial charge on any atom is -0.389 e. The number of halogens is 1. The maximum atomic E-state index is 5.61. The minimum atomic E-state index is 0.425. The van der Waals surface area contributed by atoms with Crippen LogP contribution in [0.1, 0.15) is 32.3 Å². The lowest BCUT2D eigenvalue weighted by Crippen LogP contribution is -2.27. The van der Waals surface area contributed by atoms with E-state index in [1.807, 2.05) is 18.2 Å². The third-order valence-electron chi connectivity index (χ3n) is 3.39. The van der Waals surface area contributed by atoms with Gasteiger partial charge in [0.25, 0.3) is 0 Å². The Hall–Kier alpha value is -0.650. The summed E-state index contributed by atoms with van der Waals surface area (Å²) in [6.45, 7) is 6.55. The van der Waals surface area contributed by atoms with Gasteiger partial charge in [-0.25, -0.2) is 0 Å². The van der Waals surface area contributed by atoms with Gasteiger partial charge in [0.2, 0.25) is 0 Å². The van der Waals surface area contributed by atoms with E-state index in [-0.39, 0.29) is 0 Å². The number of nitrogens with two attached hydrogens (primary N) is 1. The summed E-state index contributed by atoms with van der Waals surface area (Å²) < 4.78 is 1.00. The van der Waals surface area contributed by atoms with Crippen LogP contribution in [0.5, 0.6) is 0 Å². The summed E-state index contributed by atoms with van der Waals surface area (Å²) in [6, 6.07) is 6.53. The Morgan fingerprint density at radius 2 is 2.10 bits per heavy atom. The maximum Gasteiger partial charge on any atom is 0.104 e. The fourth-order valence-electron chi connectivity index (χ4n) is 1.78. The number of thiocarbonyl (C=S) groups is 1. The first-order valence-electron chi connectivity index (χ1n) is 6.95. The molecule has 0 amide bonds. The van der Waals surface area contributed by atoms with Gasteiger partial charge < -0.3 is 16.0 Å². The molecule has 3 N–H and O–H groups in total. The number of rotatable bonds is 8. The third kappa shape index (κ3) is 5.77. The van der Waals surface area contributed by atoms with Crippen molar-refractivity contribution in [1.82, 2.24) is 4.90 Å². The summed E-state index contributed by atoms with van der Waals surface area (Å²) >= 11 is 8.51. The third-order valence-corrected chi connectivity index (χ3v) is 4.28. The molecule has 0 aliphatic carbocycles. The Bertz CT molecular complexity index is 449. The Morgan fingerprint density at radius 3 is 2.65 bits per heavy atom. The summed E-state index contributed by atoms with van der Waals surface area (Å²) in [7, 11) is 2.17. The fourth-order valence-corrected chi connectivity index (χ4v) is 2.43. The molecule has 5 heteroatoms. The lowest BCUT2D eigenvalue weighted by molar-refractivity contribution is 0.269. The number of anilines is 1. The van der Waals surface area contributed by atoms with Crippen LogP contribution in [0.25, 0.3) is 0 Å². The monoisotopic (exact) mass is 357 g/mol. The average Bonchev–Trinajstić information content (AvgIpc) is 2.39. The molecule has 1 aromatic carbocycles. The van der Waals surface area contributed by atoms with Gasteiger partial charge >= 0.3 is 0 Å². The molecule has 3 nitrogen and oxygen atoms in total. The molecule has 0 spiro atoms. The highest BCUT2D eigenvalue weighted by atomic mass is 79.9. The number of benzene rings is 1. The molecular weight excluding hydrogens is 334 g/mol. The first kappa shape index (κ1) is 17.4. The van der Waals surface area contributed by atoms with Crippen molar-refractivity contribution in [3.8, 4) is 0 Å². The summed E-state index contributed by atoms with van der Waals surface area (Å²) in [6.07, 6.45) is 2.35. The van der Waals surface area contributed by atoms with Crippen LogP contribution in [0.15, 0.2) is 22.7 Å². The fraction of sp³-hybridized carbons (Fsp3) is 0.533. The van der Waals surface area contributed by atoms with Crippen molar-refractivity contribution >= 4 is 38.8 Å². The van der Waals surface area contributed by atoms with Gasteiger partial charge in [-0.15, -0.1) is 0 Å². The predicted molar refractivity (Wildman–Crippen MR) is 95.5 cm³/mol. The first-order valence-corrected chi connectivity index (χ1v) is 8.15. The van der Waals surface area contributed by atoms with Gasteiger partial charge in [0.1, 0.15) is 4.99 Å². The van der Waals surface area contributed by atoms with E-state index in [1.165, 1.54) is 6.42 Å². The Kier molecular flexibility index (Phi) is 7.48. The molecule has 112 valence electrons. The van der Waals surface area contributed by atoms with E-state index < -0.39 is 0 Å². The lowest BCUT2D eigenvalue weighted by atomic mass is 10.2. The first-order chi connectivity index (χ1) is 9.41. The second-order valence-electron chi connectivity index (χ2n) is 5.27. The van der Waals surface area contributed by atoms with Gasteiger partial charge in [-0.2, -0.15) is 0 Å². The normalized spacial score (nSPS) is 11.1. The second kappa shape index (κ2) is 8.60. The molecule has 0 fully saturated rings. The maximum absolute atomic E-state index is 5.61. The SMILES string of the molecule is CC(C)N(C)CCCCNc1ccc(C(N)=S)cc1Br. The highest BCUT2D eigenvalue weighted by Crippen LogP contribution is 2.23. The van der Waals surface area contributed by atoms with Crippen LogP contribution in [-0.2, 0) is 0 Å². The van der Waals surface area contributed by atoms with Gasteiger partial charge in [-0.3, -0.25) is 0 Å². The average molecular weight is 358 g/mol. The van der Waals surface area contributed by atoms with Crippen LogP contribution in [0.2, 0.25) is 0 Å². The minimum absolute atomic E-state index is 0.425. The molecule has 0 saturated heterocycles. The molecular formula is C15H24BrN3S. The van der Waals surface area contributed by atoms with Gasteiger partial charge in [-0.1, -0.05) is 12.2 Å². The van der Waals surface area contributed by atoms with Crippen molar-refractivity contribution < 1.29 is 0 Å². The van der Waals surface area contributed by atoms with Gasteiger partial charge in [0.05, 0.1) is 0 Å². The van der Waals surface area contributed by atoms with Gasteiger partial charge in [0, 0.05) is 28.3 Å². The second-order valence-corrected chi connectivity index (χ2v) is 6.56. The molecule has 0 bridgehead atoms. The molecule has 0 aliphatic heterocycles. The van der Waals surface area contributed by atoms with E-state index >= 15 is 0 Å². The van der Waals surface area contributed by atoms with Gasteiger partial charge in [-0.05, 0) is 74.4 Å². The van der Waals surface area contributed by atoms with E-state index in [0.29, 0.717) is 11.0 Å². The van der Waals surface area contributed by atoms with E-state index in [2.05, 4.69) is 47.0 Å². The predicted octanol–water partition coefficient (Wildman–Crippen LogP) is 3.62. The zero-order chi connectivity index (χ0) is 15.1. The number of nitrogens with one attached hydrogen (secondary N) is 1. The molecule has 0 unspecified atom stereocenters. The molecule has 0 radical (unpaired) electrons. The van der Waals surface area contributed by atoms with Gasteiger partial charge in [0.15, 0.2) is 0 Å². The number of hydrogen-bond donors (Lipinski definition) is 2. The summed E-state index contributed by atoms with van der Waals surface area (Å²) in [5.74, 6) is 0. The number of nitrogens with zero attached hydrogens (tertiary/aromatic N) is 1. The molecule has 0 saturated carbocycles. The van der Waals surface area contributed by atoms with Crippen molar-refractivity contribution in [3.63, 3.8) is 0 Å². The number of unbranched alkanes of at least 4 members (excludes halogenated alkanes) is 1. The standard InChI is InChI=1S/C15H24BrN3S/c1-11(2)19(3)9-5-4-8-18-14-7-6-12(15(17)20)10-13(14)16/h6-7,10-11,18H,4-5,8-9H2,1-3H3,(H2,17,20). The van der Waals surface area contributed by atoms with E-state index in [9.17, 15) is 0 Å². The van der Waals surface area contributed by atoms with E-state index in [1.54, 1.807) is 0 Å².